The lowest BCUT2D eigenvalue weighted by molar-refractivity contribution is -0.0241. The van der Waals surface area contributed by atoms with E-state index in [0.29, 0.717) is 16.4 Å². The van der Waals surface area contributed by atoms with Gasteiger partial charge in [0.25, 0.3) is 6.29 Å². The van der Waals surface area contributed by atoms with Gasteiger partial charge in [0.1, 0.15) is 18.3 Å². The van der Waals surface area contributed by atoms with Gasteiger partial charge in [-0.2, -0.15) is 0 Å². The predicted molar refractivity (Wildman–Crippen MR) is 52.8 cm³/mol. The number of anilines is 1. The first-order valence-corrected chi connectivity index (χ1v) is 4.49. The topological polar surface area (TPSA) is 43.4 Å². The normalized spacial score (nSPS) is 15.0. The lowest BCUT2D eigenvalue weighted by Gasteiger charge is -2.15. The summed E-state index contributed by atoms with van der Waals surface area (Å²) in [5.74, 6) is 0.659. The lowest BCUT2D eigenvalue weighted by Crippen LogP contribution is -2.05. The van der Waals surface area contributed by atoms with E-state index in [2.05, 4.69) is 10.3 Å². The summed E-state index contributed by atoms with van der Waals surface area (Å²) in [7, 11) is 1.77. The monoisotopic (exact) mass is 212 g/mol. The summed E-state index contributed by atoms with van der Waals surface area (Å²) in [4.78, 5) is 4.12. The highest BCUT2D eigenvalue weighted by molar-refractivity contribution is 6.31. The number of nitrogens with one attached hydrogen (secondary N) is 1. The number of halogens is 1. The second-order valence-electron chi connectivity index (χ2n) is 2.68. The van der Waals surface area contributed by atoms with E-state index in [-0.39, 0.29) is 0 Å². The zero-order valence-corrected chi connectivity index (χ0v) is 8.28. The average Bonchev–Trinajstić information content (AvgIpc) is 2.70. The second-order valence-corrected chi connectivity index (χ2v) is 3.09. The van der Waals surface area contributed by atoms with Gasteiger partial charge in [-0.3, -0.25) is 0 Å². The van der Waals surface area contributed by atoms with E-state index in [1.54, 1.807) is 19.3 Å². The van der Waals surface area contributed by atoms with Crippen LogP contribution in [0.4, 0.5) is 5.82 Å². The van der Waals surface area contributed by atoms with Crippen LogP contribution in [0, 0.1) is 0 Å². The second kappa shape index (κ2) is 3.75. The summed E-state index contributed by atoms with van der Waals surface area (Å²) in [6.45, 7) is 0. The van der Waals surface area contributed by atoms with Gasteiger partial charge in [-0.15, -0.1) is 0 Å². The number of nitrogens with zero attached hydrogens (tertiary/aromatic N) is 1. The number of hydrogen-bond donors (Lipinski definition) is 1. The molecule has 74 valence electrons. The minimum atomic E-state index is -0.501. The summed E-state index contributed by atoms with van der Waals surface area (Å²) in [5, 5.41) is 3.50. The Morgan fingerprint density at radius 2 is 2.14 bits per heavy atom. The maximum absolute atomic E-state index is 6.02. The molecule has 1 aliphatic heterocycles. The summed E-state index contributed by atoms with van der Waals surface area (Å²) < 4.78 is 10.4. The molecule has 0 saturated carbocycles. The molecule has 4 nitrogen and oxygen atoms in total. The summed E-state index contributed by atoms with van der Waals surface area (Å²) in [6, 6.07) is 1.70. The molecule has 0 radical (unpaired) electrons. The zero-order chi connectivity index (χ0) is 9.97. The van der Waals surface area contributed by atoms with Crippen molar-refractivity contribution in [2.75, 3.05) is 12.4 Å². The van der Waals surface area contributed by atoms with Gasteiger partial charge >= 0.3 is 0 Å². The van der Waals surface area contributed by atoms with Crippen LogP contribution in [0.1, 0.15) is 11.9 Å². The van der Waals surface area contributed by atoms with Crippen LogP contribution in [-0.2, 0) is 9.47 Å². The number of rotatable bonds is 2. The molecular weight excluding hydrogens is 204 g/mol. The van der Waals surface area contributed by atoms with E-state index in [4.69, 9.17) is 21.1 Å². The SMILES string of the molecule is CNc1nccc(Cl)c1C1OC=CO1. The fraction of sp³-hybridized carbons (Fsp3) is 0.222. The molecule has 14 heavy (non-hydrogen) atoms. The Kier molecular flexibility index (Phi) is 2.45. The lowest BCUT2D eigenvalue weighted by atomic mass is 10.2. The first kappa shape index (κ1) is 9.15. The third-order valence-electron chi connectivity index (χ3n) is 1.87. The van der Waals surface area contributed by atoms with Crippen molar-refractivity contribution in [2.45, 2.75) is 6.29 Å². The van der Waals surface area contributed by atoms with Gasteiger partial charge in [0.15, 0.2) is 0 Å². The molecule has 0 aliphatic carbocycles. The van der Waals surface area contributed by atoms with Crippen molar-refractivity contribution in [3.8, 4) is 0 Å². The van der Waals surface area contributed by atoms with E-state index in [1.807, 2.05) is 0 Å². The van der Waals surface area contributed by atoms with Crippen molar-refractivity contribution >= 4 is 17.4 Å². The van der Waals surface area contributed by atoms with Crippen LogP contribution in [0.25, 0.3) is 0 Å². The quantitative estimate of drug-likeness (QED) is 0.817. The molecule has 0 unspecified atom stereocenters. The Bertz CT molecular complexity index is 360. The Morgan fingerprint density at radius 3 is 2.79 bits per heavy atom. The zero-order valence-electron chi connectivity index (χ0n) is 7.53. The Morgan fingerprint density at radius 1 is 1.43 bits per heavy atom. The molecule has 0 spiro atoms. The van der Waals surface area contributed by atoms with Crippen molar-refractivity contribution in [1.82, 2.24) is 4.98 Å². The number of pyridine rings is 1. The Balaban J connectivity index is 2.38. The third kappa shape index (κ3) is 1.48. The van der Waals surface area contributed by atoms with E-state index in [0.717, 1.165) is 0 Å². The molecule has 1 aromatic heterocycles. The van der Waals surface area contributed by atoms with Gasteiger partial charge in [0.05, 0.1) is 10.6 Å². The first-order chi connectivity index (χ1) is 6.83. The summed E-state index contributed by atoms with van der Waals surface area (Å²) >= 11 is 6.02. The van der Waals surface area contributed by atoms with Crippen LogP contribution in [0.5, 0.6) is 0 Å². The standard InChI is InChI=1S/C9H9ClN2O2/c1-11-8-7(6(10)2-3-12-8)9-13-4-5-14-9/h2-5,9H,1H3,(H,11,12). The molecular formula is C9H9ClN2O2. The third-order valence-corrected chi connectivity index (χ3v) is 2.20. The van der Waals surface area contributed by atoms with Crippen LogP contribution >= 0.6 is 11.6 Å². The highest BCUT2D eigenvalue weighted by Gasteiger charge is 2.22. The van der Waals surface area contributed by atoms with Crippen molar-refractivity contribution in [1.29, 1.82) is 0 Å². The molecule has 1 N–H and O–H groups in total. The van der Waals surface area contributed by atoms with Gasteiger partial charge in [0, 0.05) is 13.2 Å². The minimum absolute atomic E-state index is 0.501. The minimum Gasteiger partial charge on any atom is -0.455 e. The summed E-state index contributed by atoms with van der Waals surface area (Å²) in [6.07, 6.45) is 4.08. The average molecular weight is 213 g/mol. The molecule has 2 rings (SSSR count). The molecule has 0 saturated heterocycles. The molecule has 0 aromatic carbocycles. The fourth-order valence-electron chi connectivity index (χ4n) is 1.25. The van der Waals surface area contributed by atoms with Crippen LogP contribution in [-0.4, -0.2) is 12.0 Å². The van der Waals surface area contributed by atoms with Gasteiger partial charge < -0.3 is 14.8 Å². The van der Waals surface area contributed by atoms with Crippen molar-refractivity contribution in [3.05, 3.63) is 35.4 Å². The van der Waals surface area contributed by atoms with E-state index < -0.39 is 6.29 Å². The van der Waals surface area contributed by atoms with Crippen LogP contribution < -0.4 is 5.32 Å². The fourth-order valence-corrected chi connectivity index (χ4v) is 1.48. The van der Waals surface area contributed by atoms with Crippen LogP contribution in [0.3, 0.4) is 0 Å². The molecule has 0 atom stereocenters. The van der Waals surface area contributed by atoms with Gasteiger partial charge in [0.2, 0.25) is 0 Å². The van der Waals surface area contributed by atoms with Gasteiger partial charge in [-0.05, 0) is 6.07 Å². The van der Waals surface area contributed by atoms with E-state index >= 15 is 0 Å². The van der Waals surface area contributed by atoms with Gasteiger partial charge in [-0.1, -0.05) is 11.6 Å². The maximum atomic E-state index is 6.02. The highest BCUT2D eigenvalue weighted by atomic mass is 35.5. The van der Waals surface area contributed by atoms with E-state index in [1.165, 1.54) is 12.5 Å². The molecule has 0 fully saturated rings. The summed E-state index contributed by atoms with van der Waals surface area (Å²) in [5.41, 5.74) is 0.710. The largest absolute Gasteiger partial charge is 0.455 e. The van der Waals surface area contributed by atoms with Gasteiger partial charge in [-0.25, -0.2) is 4.98 Å². The maximum Gasteiger partial charge on any atom is 0.271 e. The highest BCUT2D eigenvalue weighted by Crippen LogP contribution is 2.33. The number of hydrogen-bond acceptors (Lipinski definition) is 4. The number of aromatic nitrogens is 1. The van der Waals surface area contributed by atoms with Crippen LogP contribution in [0.15, 0.2) is 24.8 Å². The molecule has 0 amide bonds. The Labute approximate surface area is 86.5 Å². The Hall–Kier alpha value is -1.42. The molecule has 0 bridgehead atoms. The number of ether oxygens (including phenoxy) is 2. The molecule has 1 aliphatic rings. The van der Waals surface area contributed by atoms with Crippen molar-refractivity contribution in [2.24, 2.45) is 0 Å². The molecule has 5 heteroatoms. The predicted octanol–water partition coefficient (Wildman–Crippen LogP) is 2.29. The van der Waals surface area contributed by atoms with Crippen molar-refractivity contribution < 1.29 is 9.47 Å². The van der Waals surface area contributed by atoms with E-state index in [9.17, 15) is 0 Å². The molecule has 2 heterocycles. The first-order valence-electron chi connectivity index (χ1n) is 4.11. The molecule has 1 aromatic rings. The van der Waals surface area contributed by atoms with Crippen molar-refractivity contribution in [3.63, 3.8) is 0 Å². The smallest absolute Gasteiger partial charge is 0.271 e. The van der Waals surface area contributed by atoms with Crippen LogP contribution in [0.2, 0.25) is 5.02 Å².